The minimum Gasteiger partial charge on any atom is -0.406 e. The van der Waals surface area contributed by atoms with Crippen LogP contribution in [0, 0.1) is 5.92 Å². The molecule has 1 aromatic carbocycles. The molecule has 0 spiro atoms. The number of amides is 1. The number of rotatable bonds is 3. The molecule has 1 saturated carbocycles. The average molecular weight is 425 g/mol. The first-order valence-corrected chi connectivity index (χ1v) is 10.6. The van der Waals surface area contributed by atoms with Gasteiger partial charge in [-0.1, -0.05) is 12.1 Å². The first kappa shape index (κ1) is 20.2. The maximum atomic E-state index is 13.3. The molecule has 1 aliphatic heterocycles. The van der Waals surface area contributed by atoms with Crippen molar-refractivity contribution in [2.75, 3.05) is 6.54 Å². The molecule has 0 bridgehead atoms. The fourth-order valence-electron chi connectivity index (χ4n) is 4.28. The number of ether oxygens (including phenoxy) is 1. The van der Waals surface area contributed by atoms with Gasteiger partial charge >= 0.3 is 6.36 Å². The van der Waals surface area contributed by atoms with Crippen LogP contribution < -0.4 is 4.74 Å². The number of fused-ring (bicyclic) bond motifs is 1. The van der Waals surface area contributed by atoms with E-state index >= 15 is 0 Å². The van der Waals surface area contributed by atoms with E-state index < -0.39 is 6.36 Å². The van der Waals surface area contributed by atoms with Crippen LogP contribution in [0.2, 0.25) is 0 Å². The molecule has 2 heterocycles. The summed E-state index contributed by atoms with van der Waals surface area (Å²) in [6.45, 7) is 0.576. The molecule has 2 aliphatic rings. The summed E-state index contributed by atoms with van der Waals surface area (Å²) in [5, 5.41) is 11.7. The number of thiophene rings is 1. The van der Waals surface area contributed by atoms with Crippen LogP contribution in [0.15, 0.2) is 35.7 Å². The number of hydrogen-bond donors (Lipinski definition) is 1. The summed E-state index contributed by atoms with van der Waals surface area (Å²) in [6, 6.07) is 7.54. The molecule has 29 heavy (non-hydrogen) atoms. The fourth-order valence-corrected chi connectivity index (χ4v) is 5.38. The molecule has 1 N–H and O–H groups in total. The molecular weight excluding hydrogens is 403 g/mol. The maximum Gasteiger partial charge on any atom is 0.573 e. The van der Waals surface area contributed by atoms with Crippen LogP contribution >= 0.6 is 11.3 Å². The second-order valence-corrected chi connectivity index (χ2v) is 8.56. The van der Waals surface area contributed by atoms with Gasteiger partial charge in [0.15, 0.2) is 0 Å². The largest absolute Gasteiger partial charge is 0.573 e. The highest BCUT2D eigenvalue weighted by Gasteiger charge is 2.37. The molecule has 2 aromatic rings. The van der Waals surface area contributed by atoms with Crippen molar-refractivity contribution in [1.82, 2.24) is 4.90 Å². The topological polar surface area (TPSA) is 49.8 Å². The second kappa shape index (κ2) is 7.99. The number of carbonyl (C=O) groups excluding carboxylic acids is 1. The van der Waals surface area contributed by atoms with Crippen LogP contribution in [0.1, 0.15) is 47.7 Å². The second-order valence-electron chi connectivity index (χ2n) is 7.62. The SMILES string of the molecule is O=C(C1CCC(O)CC1)N1CCc2ccsc2C1c1ccc(OC(F)(F)F)cc1. The lowest BCUT2D eigenvalue weighted by atomic mass is 9.85. The summed E-state index contributed by atoms with van der Waals surface area (Å²) in [5.41, 5.74) is 1.95. The third kappa shape index (κ3) is 4.43. The van der Waals surface area contributed by atoms with Gasteiger partial charge in [0.05, 0.1) is 12.1 Å². The summed E-state index contributed by atoms with van der Waals surface area (Å²) in [4.78, 5) is 16.2. The number of carbonyl (C=O) groups is 1. The van der Waals surface area contributed by atoms with E-state index in [1.165, 1.54) is 17.7 Å². The van der Waals surface area contributed by atoms with E-state index in [0.717, 1.165) is 16.9 Å². The Labute approximate surface area is 170 Å². The minimum atomic E-state index is -4.74. The van der Waals surface area contributed by atoms with Crippen LogP contribution in [-0.4, -0.2) is 34.9 Å². The van der Waals surface area contributed by atoms with E-state index in [-0.39, 0.29) is 29.7 Å². The normalized spacial score (nSPS) is 24.8. The molecule has 8 heteroatoms. The molecule has 1 unspecified atom stereocenters. The van der Waals surface area contributed by atoms with Crippen LogP contribution in [-0.2, 0) is 11.2 Å². The summed E-state index contributed by atoms with van der Waals surface area (Å²) in [6.07, 6.45) is -1.71. The van der Waals surface area contributed by atoms with E-state index in [9.17, 15) is 23.1 Å². The molecular formula is C21H22F3NO3S. The zero-order valence-corrected chi connectivity index (χ0v) is 16.5. The van der Waals surface area contributed by atoms with Gasteiger partial charge in [0, 0.05) is 17.3 Å². The van der Waals surface area contributed by atoms with Gasteiger partial charge in [0.2, 0.25) is 5.91 Å². The minimum absolute atomic E-state index is 0.0663. The van der Waals surface area contributed by atoms with Gasteiger partial charge in [-0.2, -0.15) is 0 Å². The quantitative estimate of drug-likeness (QED) is 0.778. The Bertz CT molecular complexity index is 857. The Kier molecular flexibility index (Phi) is 5.57. The third-order valence-electron chi connectivity index (χ3n) is 5.72. The fraction of sp³-hybridized carbons (Fsp3) is 0.476. The van der Waals surface area contributed by atoms with Gasteiger partial charge < -0.3 is 14.7 Å². The molecule has 1 aromatic heterocycles. The molecule has 4 nitrogen and oxygen atoms in total. The van der Waals surface area contributed by atoms with Crippen molar-refractivity contribution < 1.29 is 27.8 Å². The number of halogens is 3. The third-order valence-corrected chi connectivity index (χ3v) is 6.73. The van der Waals surface area contributed by atoms with E-state index in [0.29, 0.717) is 32.2 Å². The van der Waals surface area contributed by atoms with Crippen LogP contribution in [0.5, 0.6) is 5.75 Å². The Morgan fingerprint density at radius 2 is 1.79 bits per heavy atom. The predicted molar refractivity (Wildman–Crippen MR) is 103 cm³/mol. The predicted octanol–water partition coefficient (Wildman–Crippen LogP) is 4.67. The maximum absolute atomic E-state index is 13.3. The van der Waals surface area contributed by atoms with Gasteiger partial charge in [0.1, 0.15) is 5.75 Å². The van der Waals surface area contributed by atoms with Gasteiger partial charge in [-0.3, -0.25) is 4.79 Å². The standard InChI is InChI=1S/C21H22F3NO3S/c22-21(23,24)28-17-7-3-13(4-8-17)18-19-14(10-12-29-19)9-11-25(18)20(27)15-1-5-16(26)6-2-15/h3-4,7-8,10,12,15-16,18,26H,1-2,5-6,9,11H2. The summed E-state index contributed by atoms with van der Waals surface area (Å²) in [5.74, 6) is -0.325. The van der Waals surface area contributed by atoms with Gasteiger partial charge in [0.25, 0.3) is 0 Å². The van der Waals surface area contributed by atoms with Gasteiger partial charge in [-0.15, -0.1) is 24.5 Å². The van der Waals surface area contributed by atoms with Crippen molar-refractivity contribution in [1.29, 1.82) is 0 Å². The van der Waals surface area contributed by atoms with E-state index in [4.69, 9.17) is 0 Å². The molecule has 1 amide bonds. The molecule has 1 atom stereocenters. The Hall–Kier alpha value is -2.06. The number of alkyl halides is 3. The smallest absolute Gasteiger partial charge is 0.406 e. The van der Waals surface area contributed by atoms with Crippen molar-refractivity contribution in [2.45, 2.75) is 50.6 Å². The molecule has 156 valence electrons. The first-order chi connectivity index (χ1) is 13.8. The lowest BCUT2D eigenvalue weighted by molar-refractivity contribution is -0.274. The Morgan fingerprint density at radius 3 is 2.45 bits per heavy atom. The zero-order chi connectivity index (χ0) is 20.6. The highest BCUT2D eigenvalue weighted by Crippen LogP contribution is 2.41. The van der Waals surface area contributed by atoms with Crippen molar-refractivity contribution in [2.24, 2.45) is 5.92 Å². The van der Waals surface area contributed by atoms with Crippen molar-refractivity contribution in [3.8, 4) is 5.75 Å². The number of benzene rings is 1. The van der Waals surface area contributed by atoms with Gasteiger partial charge in [-0.25, -0.2) is 0 Å². The molecule has 1 fully saturated rings. The molecule has 4 rings (SSSR count). The molecule has 0 radical (unpaired) electrons. The summed E-state index contributed by atoms with van der Waals surface area (Å²) in [7, 11) is 0. The van der Waals surface area contributed by atoms with E-state index in [2.05, 4.69) is 4.74 Å². The van der Waals surface area contributed by atoms with Gasteiger partial charge in [-0.05, 0) is 66.8 Å². The average Bonchev–Trinajstić information content (AvgIpc) is 3.15. The summed E-state index contributed by atoms with van der Waals surface area (Å²) < 4.78 is 41.4. The first-order valence-electron chi connectivity index (χ1n) is 9.72. The van der Waals surface area contributed by atoms with Crippen molar-refractivity contribution >= 4 is 17.2 Å². The summed E-state index contributed by atoms with van der Waals surface area (Å²) >= 11 is 1.57. The van der Waals surface area contributed by atoms with E-state index in [1.807, 2.05) is 16.3 Å². The zero-order valence-electron chi connectivity index (χ0n) is 15.7. The number of aliphatic hydroxyl groups is 1. The monoisotopic (exact) mass is 425 g/mol. The Morgan fingerprint density at radius 1 is 1.10 bits per heavy atom. The van der Waals surface area contributed by atoms with Crippen molar-refractivity contribution in [3.05, 3.63) is 51.7 Å². The van der Waals surface area contributed by atoms with Crippen LogP contribution in [0.4, 0.5) is 13.2 Å². The molecule has 1 aliphatic carbocycles. The Balaban J connectivity index is 1.61. The number of hydrogen-bond acceptors (Lipinski definition) is 4. The lowest BCUT2D eigenvalue weighted by Gasteiger charge is -2.39. The molecule has 0 saturated heterocycles. The highest BCUT2D eigenvalue weighted by molar-refractivity contribution is 7.10. The highest BCUT2D eigenvalue weighted by atomic mass is 32.1. The van der Waals surface area contributed by atoms with E-state index in [1.54, 1.807) is 23.5 Å². The van der Waals surface area contributed by atoms with Crippen molar-refractivity contribution in [3.63, 3.8) is 0 Å². The number of aliphatic hydroxyl groups excluding tert-OH is 1. The van der Waals surface area contributed by atoms with Crippen LogP contribution in [0.25, 0.3) is 0 Å². The van der Waals surface area contributed by atoms with Crippen LogP contribution in [0.3, 0.4) is 0 Å². The number of nitrogens with zero attached hydrogens (tertiary/aromatic N) is 1. The lowest BCUT2D eigenvalue weighted by Crippen LogP contribution is -2.44.